The molecule has 0 spiro atoms. The van der Waals surface area contributed by atoms with Gasteiger partial charge in [-0.1, -0.05) is 63.4 Å². The summed E-state index contributed by atoms with van der Waals surface area (Å²) in [5.74, 6) is 0.209. The van der Waals surface area contributed by atoms with Crippen molar-refractivity contribution < 1.29 is 13.2 Å². The zero-order valence-electron chi connectivity index (χ0n) is 15.0. The Bertz CT molecular complexity index is 588. The van der Waals surface area contributed by atoms with E-state index in [2.05, 4.69) is 19.2 Å². The number of hydrogen-bond donors (Lipinski definition) is 1. The third kappa shape index (κ3) is 7.93. The van der Waals surface area contributed by atoms with Gasteiger partial charge in [0.15, 0.2) is 0 Å². The molecule has 5 nitrogen and oxygen atoms in total. The summed E-state index contributed by atoms with van der Waals surface area (Å²) >= 11 is 0. The second-order valence-corrected chi connectivity index (χ2v) is 8.22. The van der Waals surface area contributed by atoms with Gasteiger partial charge in [0.25, 0.3) is 0 Å². The number of nitrogens with one attached hydrogen (secondary N) is 1. The first kappa shape index (κ1) is 20.6. The number of unbranched alkanes of at least 4 members (excludes halogenated alkanes) is 1. The lowest BCUT2D eigenvalue weighted by molar-refractivity contribution is -0.121. The third-order valence-corrected chi connectivity index (χ3v) is 5.32. The van der Waals surface area contributed by atoms with Crippen LogP contribution in [-0.4, -0.2) is 38.0 Å². The van der Waals surface area contributed by atoms with Crippen molar-refractivity contribution in [3.05, 3.63) is 35.9 Å². The fourth-order valence-corrected chi connectivity index (χ4v) is 3.23. The number of sulfonamides is 1. The number of rotatable bonds is 11. The van der Waals surface area contributed by atoms with Crippen LogP contribution in [0.1, 0.15) is 45.1 Å². The summed E-state index contributed by atoms with van der Waals surface area (Å²) in [5, 5.41) is 2.89. The predicted octanol–water partition coefficient (Wildman–Crippen LogP) is 2.78. The Morgan fingerprint density at radius 1 is 1.21 bits per heavy atom. The Labute approximate surface area is 146 Å². The van der Waals surface area contributed by atoms with Gasteiger partial charge in [-0.3, -0.25) is 4.79 Å². The summed E-state index contributed by atoms with van der Waals surface area (Å²) in [6.07, 6.45) is 5.54. The molecule has 0 radical (unpaired) electrons. The quantitative estimate of drug-likeness (QED) is 0.664. The minimum atomic E-state index is -3.44. The van der Waals surface area contributed by atoms with Crippen molar-refractivity contribution in [1.82, 2.24) is 9.62 Å². The number of hydrogen-bond acceptors (Lipinski definition) is 3. The molecule has 0 saturated carbocycles. The maximum atomic E-state index is 12.2. The molecule has 0 fully saturated rings. The van der Waals surface area contributed by atoms with Gasteiger partial charge in [-0.05, 0) is 17.9 Å². The molecule has 1 amide bonds. The standard InChI is InChI=1S/C18H30N2O3S/c1-4-6-10-16(5-2)13-19-18(21)15-20(24(3,22)23)14-17-11-8-7-9-12-17/h7-9,11-12,16H,4-6,10,13-15H2,1-3H3,(H,19,21)/t16-/m1/s1. The first-order valence-corrected chi connectivity index (χ1v) is 10.5. The van der Waals surface area contributed by atoms with Gasteiger partial charge < -0.3 is 5.32 Å². The van der Waals surface area contributed by atoms with Crippen LogP contribution >= 0.6 is 0 Å². The van der Waals surface area contributed by atoms with Crippen LogP contribution < -0.4 is 5.32 Å². The van der Waals surface area contributed by atoms with Crippen molar-refractivity contribution >= 4 is 15.9 Å². The normalized spacial score (nSPS) is 13.0. The molecule has 0 aromatic heterocycles. The molecule has 24 heavy (non-hydrogen) atoms. The van der Waals surface area contributed by atoms with Crippen LogP contribution in [0.2, 0.25) is 0 Å². The topological polar surface area (TPSA) is 66.5 Å². The zero-order chi connectivity index (χ0) is 18.0. The van der Waals surface area contributed by atoms with Crippen LogP contribution in [0, 0.1) is 5.92 Å². The largest absolute Gasteiger partial charge is 0.355 e. The van der Waals surface area contributed by atoms with E-state index in [1.54, 1.807) is 0 Å². The minimum Gasteiger partial charge on any atom is -0.355 e. The van der Waals surface area contributed by atoms with E-state index in [1.165, 1.54) is 4.31 Å². The highest BCUT2D eigenvalue weighted by molar-refractivity contribution is 7.88. The lowest BCUT2D eigenvalue weighted by Crippen LogP contribution is -2.41. The molecule has 0 heterocycles. The fraction of sp³-hybridized carbons (Fsp3) is 0.611. The highest BCUT2D eigenvalue weighted by Crippen LogP contribution is 2.12. The molecule has 0 saturated heterocycles. The molecule has 0 aliphatic heterocycles. The van der Waals surface area contributed by atoms with E-state index in [-0.39, 0.29) is 19.0 Å². The van der Waals surface area contributed by atoms with Gasteiger partial charge in [-0.2, -0.15) is 4.31 Å². The highest BCUT2D eigenvalue weighted by atomic mass is 32.2. The summed E-state index contributed by atoms with van der Waals surface area (Å²) < 4.78 is 25.1. The minimum absolute atomic E-state index is 0.141. The molecule has 0 unspecified atom stereocenters. The van der Waals surface area contributed by atoms with Gasteiger partial charge in [0, 0.05) is 13.1 Å². The highest BCUT2D eigenvalue weighted by Gasteiger charge is 2.20. The van der Waals surface area contributed by atoms with Crippen LogP contribution in [0.25, 0.3) is 0 Å². The summed E-state index contributed by atoms with van der Waals surface area (Å²) in [6, 6.07) is 9.30. The van der Waals surface area contributed by atoms with E-state index in [9.17, 15) is 13.2 Å². The van der Waals surface area contributed by atoms with Crippen molar-refractivity contribution in [2.75, 3.05) is 19.3 Å². The van der Waals surface area contributed by atoms with E-state index < -0.39 is 10.0 Å². The summed E-state index contributed by atoms with van der Waals surface area (Å²) in [4.78, 5) is 12.2. The van der Waals surface area contributed by atoms with E-state index in [0.29, 0.717) is 12.5 Å². The molecule has 0 bridgehead atoms. The van der Waals surface area contributed by atoms with Crippen LogP contribution in [0.15, 0.2) is 30.3 Å². The van der Waals surface area contributed by atoms with Gasteiger partial charge in [-0.25, -0.2) is 8.42 Å². The molecule has 1 aromatic rings. The maximum absolute atomic E-state index is 12.2. The zero-order valence-corrected chi connectivity index (χ0v) is 15.8. The Kier molecular flexibility index (Phi) is 9.00. The average Bonchev–Trinajstić information content (AvgIpc) is 2.54. The molecule has 6 heteroatoms. The third-order valence-electron chi connectivity index (χ3n) is 4.12. The predicted molar refractivity (Wildman–Crippen MR) is 98.0 cm³/mol. The Morgan fingerprint density at radius 2 is 1.88 bits per heavy atom. The van der Waals surface area contributed by atoms with E-state index in [0.717, 1.165) is 37.5 Å². The monoisotopic (exact) mass is 354 g/mol. The summed E-state index contributed by atoms with van der Waals surface area (Å²) in [5.41, 5.74) is 0.866. The smallest absolute Gasteiger partial charge is 0.235 e. The Balaban J connectivity index is 2.58. The Hall–Kier alpha value is -1.40. The Morgan fingerprint density at radius 3 is 2.42 bits per heavy atom. The van der Waals surface area contributed by atoms with Crippen molar-refractivity contribution in [3.63, 3.8) is 0 Å². The maximum Gasteiger partial charge on any atom is 0.235 e. The fourth-order valence-electron chi connectivity index (χ4n) is 2.50. The van der Waals surface area contributed by atoms with Crippen molar-refractivity contribution in [3.8, 4) is 0 Å². The summed E-state index contributed by atoms with van der Waals surface area (Å²) in [7, 11) is -3.44. The van der Waals surface area contributed by atoms with Gasteiger partial charge in [0.05, 0.1) is 12.8 Å². The molecule has 1 rings (SSSR count). The van der Waals surface area contributed by atoms with E-state index in [4.69, 9.17) is 0 Å². The van der Waals surface area contributed by atoms with Crippen molar-refractivity contribution in [1.29, 1.82) is 0 Å². The lowest BCUT2D eigenvalue weighted by Gasteiger charge is -2.21. The average molecular weight is 355 g/mol. The number of benzene rings is 1. The van der Waals surface area contributed by atoms with Crippen LogP contribution in [-0.2, 0) is 21.4 Å². The molecule has 0 aliphatic carbocycles. The number of carbonyl (C=O) groups is 1. The van der Waals surface area contributed by atoms with E-state index >= 15 is 0 Å². The molecular formula is C18H30N2O3S. The van der Waals surface area contributed by atoms with Gasteiger partial charge in [0.1, 0.15) is 0 Å². The molecule has 1 atom stereocenters. The molecule has 1 N–H and O–H groups in total. The van der Waals surface area contributed by atoms with Crippen LogP contribution in [0.3, 0.4) is 0 Å². The van der Waals surface area contributed by atoms with Crippen LogP contribution in [0.5, 0.6) is 0 Å². The van der Waals surface area contributed by atoms with Crippen molar-refractivity contribution in [2.24, 2.45) is 5.92 Å². The molecule has 0 aliphatic rings. The first-order valence-electron chi connectivity index (χ1n) is 8.62. The number of carbonyl (C=O) groups excluding carboxylic acids is 1. The van der Waals surface area contributed by atoms with Gasteiger partial charge in [0.2, 0.25) is 15.9 Å². The lowest BCUT2D eigenvalue weighted by atomic mass is 9.99. The molecule has 136 valence electrons. The van der Waals surface area contributed by atoms with Gasteiger partial charge in [-0.15, -0.1) is 0 Å². The first-order chi connectivity index (χ1) is 11.4. The van der Waals surface area contributed by atoms with Gasteiger partial charge >= 0.3 is 0 Å². The second-order valence-electron chi connectivity index (χ2n) is 6.24. The molecular weight excluding hydrogens is 324 g/mol. The molecule has 1 aromatic carbocycles. The van der Waals surface area contributed by atoms with Crippen LogP contribution in [0.4, 0.5) is 0 Å². The summed E-state index contributed by atoms with van der Waals surface area (Å²) in [6.45, 7) is 4.94. The number of nitrogens with zero attached hydrogens (tertiary/aromatic N) is 1. The van der Waals surface area contributed by atoms with E-state index in [1.807, 2.05) is 30.3 Å². The number of amides is 1. The second kappa shape index (κ2) is 10.5. The SMILES string of the molecule is CCCC[C@@H](CC)CNC(=O)CN(Cc1ccccc1)S(C)(=O)=O. The van der Waals surface area contributed by atoms with Crippen molar-refractivity contribution in [2.45, 2.75) is 46.1 Å².